The van der Waals surface area contributed by atoms with Crippen molar-refractivity contribution in [2.75, 3.05) is 11.9 Å². The van der Waals surface area contributed by atoms with Crippen LogP contribution in [0.2, 0.25) is 5.02 Å². The minimum Gasteiger partial charge on any atom is -0.492 e. The van der Waals surface area contributed by atoms with Crippen molar-refractivity contribution < 1.29 is 17.9 Å². The topological polar surface area (TPSA) is 72.5 Å². The van der Waals surface area contributed by atoms with Crippen molar-refractivity contribution in [3.8, 4) is 5.75 Å². The van der Waals surface area contributed by atoms with Gasteiger partial charge in [-0.25, -0.2) is 8.42 Å². The lowest BCUT2D eigenvalue weighted by molar-refractivity contribution is 0.103. The van der Waals surface area contributed by atoms with Crippen molar-refractivity contribution in [2.24, 2.45) is 0 Å². The van der Waals surface area contributed by atoms with Crippen LogP contribution >= 0.6 is 22.9 Å². The molecule has 140 valence electrons. The van der Waals surface area contributed by atoms with E-state index in [9.17, 15) is 13.2 Å². The predicted octanol–water partition coefficient (Wildman–Crippen LogP) is 4.89. The Balaban J connectivity index is 1.83. The Morgan fingerprint density at radius 3 is 2.48 bits per heavy atom. The number of anilines is 1. The zero-order chi connectivity index (χ0) is 19.4. The lowest BCUT2D eigenvalue weighted by Gasteiger charge is -2.10. The van der Waals surface area contributed by atoms with Crippen molar-refractivity contribution in [3.63, 3.8) is 0 Å². The second-order valence-electron chi connectivity index (χ2n) is 5.46. The maximum atomic E-state index is 12.7. The first-order valence-electron chi connectivity index (χ1n) is 8.05. The molecule has 5 nitrogen and oxygen atoms in total. The summed E-state index contributed by atoms with van der Waals surface area (Å²) in [6, 6.07) is 15.9. The lowest BCUT2D eigenvalue weighted by atomic mass is 10.3. The fraction of sp³-hybridized carbons (Fsp3) is 0.105. The van der Waals surface area contributed by atoms with Crippen molar-refractivity contribution in [2.45, 2.75) is 16.0 Å². The van der Waals surface area contributed by atoms with Crippen LogP contribution < -0.4 is 10.1 Å². The van der Waals surface area contributed by atoms with Gasteiger partial charge in [0.2, 0.25) is 9.84 Å². The van der Waals surface area contributed by atoms with E-state index in [4.69, 9.17) is 16.3 Å². The second-order valence-corrected chi connectivity index (χ2v) is 9.16. The summed E-state index contributed by atoms with van der Waals surface area (Å²) in [6.07, 6.45) is 0. The number of rotatable bonds is 6. The molecular weight excluding hydrogens is 406 g/mol. The van der Waals surface area contributed by atoms with Gasteiger partial charge in [-0.05, 0) is 55.5 Å². The van der Waals surface area contributed by atoms with Gasteiger partial charge in [-0.15, -0.1) is 11.3 Å². The summed E-state index contributed by atoms with van der Waals surface area (Å²) in [6.45, 7) is 2.32. The maximum absolute atomic E-state index is 12.7. The Morgan fingerprint density at radius 1 is 1.07 bits per heavy atom. The number of hydrogen-bond donors (Lipinski definition) is 1. The summed E-state index contributed by atoms with van der Waals surface area (Å²) in [5.74, 6) is 0.156. The van der Waals surface area contributed by atoms with Gasteiger partial charge in [0.05, 0.1) is 22.1 Å². The van der Waals surface area contributed by atoms with Crippen LogP contribution in [0.3, 0.4) is 0 Å². The highest BCUT2D eigenvalue weighted by Gasteiger charge is 2.22. The van der Waals surface area contributed by atoms with Gasteiger partial charge in [0.15, 0.2) is 0 Å². The summed E-state index contributed by atoms with van der Waals surface area (Å²) in [5.41, 5.74) is 0.528. The number of sulfone groups is 1. The number of amides is 1. The molecule has 0 bridgehead atoms. The molecule has 3 aromatic rings. The molecule has 0 aliphatic carbocycles. The van der Waals surface area contributed by atoms with Gasteiger partial charge in [-0.3, -0.25) is 4.79 Å². The molecule has 1 amide bonds. The molecule has 8 heteroatoms. The third-order valence-electron chi connectivity index (χ3n) is 3.63. The highest BCUT2D eigenvalue weighted by Crippen LogP contribution is 2.30. The Bertz CT molecular complexity index is 1060. The number of carbonyl (C=O) groups is 1. The van der Waals surface area contributed by atoms with E-state index < -0.39 is 15.7 Å². The van der Waals surface area contributed by atoms with Crippen LogP contribution in [-0.4, -0.2) is 20.9 Å². The minimum atomic E-state index is -3.70. The van der Waals surface area contributed by atoms with E-state index in [0.717, 1.165) is 11.3 Å². The first-order chi connectivity index (χ1) is 12.9. The van der Waals surface area contributed by atoms with E-state index in [1.165, 1.54) is 36.4 Å². The molecule has 27 heavy (non-hydrogen) atoms. The average Bonchev–Trinajstić information content (AvgIpc) is 3.15. The smallest absolute Gasteiger partial charge is 0.265 e. The third-order valence-corrected chi connectivity index (χ3v) is 7.23. The fourth-order valence-corrected chi connectivity index (χ4v) is 5.08. The molecule has 0 saturated heterocycles. The lowest BCUT2D eigenvalue weighted by Crippen LogP contribution is -2.11. The average molecular weight is 422 g/mol. The summed E-state index contributed by atoms with van der Waals surface area (Å²) in [5, 5.41) is 3.21. The highest BCUT2D eigenvalue weighted by molar-refractivity contribution is 7.93. The number of nitrogens with one attached hydrogen (secondary N) is 1. The molecule has 0 aliphatic heterocycles. The van der Waals surface area contributed by atoms with Gasteiger partial charge in [-0.2, -0.15) is 0 Å². The molecule has 3 rings (SSSR count). The van der Waals surface area contributed by atoms with Gasteiger partial charge in [-0.1, -0.05) is 23.7 Å². The van der Waals surface area contributed by atoms with E-state index in [-0.39, 0.29) is 14.0 Å². The summed E-state index contributed by atoms with van der Waals surface area (Å²) in [7, 11) is -3.70. The molecule has 1 aromatic heterocycles. The standard InChI is InChI=1S/C19H16ClNO4S2/c1-2-25-16-6-4-3-5-15(16)21-19(22)17-11-12-18(26-17)27(23,24)14-9-7-13(20)8-10-14/h3-12H,2H2,1H3,(H,21,22). The summed E-state index contributed by atoms with van der Waals surface area (Å²) in [4.78, 5) is 12.9. The summed E-state index contributed by atoms with van der Waals surface area (Å²) >= 11 is 6.72. The Hall–Kier alpha value is -2.35. The van der Waals surface area contributed by atoms with Crippen LogP contribution in [0.1, 0.15) is 16.6 Å². The molecule has 0 unspecified atom stereocenters. The van der Waals surface area contributed by atoms with Crippen LogP contribution in [0.4, 0.5) is 5.69 Å². The van der Waals surface area contributed by atoms with E-state index in [0.29, 0.717) is 23.1 Å². The second kappa shape index (κ2) is 8.12. The molecule has 0 atom stereocenters. The van der Waals surface area contributed by atoms with Gasteiger partial charge < -0.3 is 10.1 Å². The highest BCUT2D eigenvalue weighted by atomic mass is 35.5. The van der Waals surface area contributed by atoms with Crippen molar-refractivity contribution in [3.05, 3.63) is 70.6 Å². The molecule has 0 saturated carbocycles. The van der Waals surface area contributed by atoms with Crippen LogP contribution in [-0.2, 0) is 9.84 Å². The molecule has 0 fully saturated rings. The molecule has 0 radical (unpaired) electrons. The number of hydrogen-bond acceptors (Lipinski definition) is 5. The van der Waals surface area contributed by atoms with Crippen LogP contribution in [0.15, 0.2) is 69.8 Å². The van der Waals surface area contributed by atoms with E-state index >= 15 is 0 Å². The van der Waals surface area contributed by atoms with E-state index in [2.05, 4.69) is 5.32 Å². The number of halogens is 1. The van der Waals surface area contributed by atoms with Gasteiger partial charge in [0.1, 0.15) is 9.96 Å². The van der Waals surface area contributed by atoms with Crippen LogP contribution in [0.5, 0.6) is 5.75 Å². The number of para-hydroxylation sites is 2. The van der Waals surface area contributed by atoms with Crippen molar-refractivity contribution in [1.82, 2.24) is 0 Å². The Morgan fingerprint density at radius 2 is 1.78 bits per heavy atom. The first kappa shape index (κ1) is 19.4. The molecule has 1 N–H and O–H groups in total. The number of thiophene rings is 1. The van der Waals surface area contributed by atoms with Crippen molar-refractivity contribution in [1.29, 1.82) is 0 Å². The zero-order valence-electron chi connectivity index (χ0n) is 14.3. The number of ether oxygens (including phenoxy) is 1. The quantitative estimate of drug-likeness (QED) is 0.615. The Labute approximate surface area is 166 Å². The normalized spacial score (nSPS) is 11.2. The van der Waals surface area contributed by atoms with E-state index in [1.54, 1.807) is 18.2 Å². The largest absolute Gasteiger partial charge is 0.492 e. The van der Waals surface area contributed by atoms with Gasteiger partial charge >= 0.3 is 0 Å². The number of carbonyl (C=O) groups excluding carboxylic acids is 1. The van der Waals surface area contributed by atoms with Crippen LogP contribution in [0.25, 0.3) is 0 Å². The van der Waals surface area contributed by atoms with E-state index in [1.807, 2.05) is 13.0 Å². The minimum absolute atomic E-state index is 0.0908. The fourth-order valence-electron chi connectivity index (χ4n) is 2.35. The Kier molecular flexibility index (Phi) is 5.84. The summed E-state index contributed by atoms with van der Waals surface area (Å²) < 4.78 is 31.0. The zero-order valence-corrected chi connectivity index (χ0v) is 16.7. The van der Waals surface area contributed by atoms with Gasteiger partial charge in [0.25, 0.3) is 5.91 Å². The maximum Gasteiger partial charge on any atom is 0.265 e. The van der Waals surface area contributed by atoms with Crippen molar-refractivity contribution >= 4 is 44.4 Å². The SMILES string of the molecule is CCOc1ccccc1NC(=O)c1ccc(S(=O)(=O)c2ccc(Cl)cc2)s1. The third kappa shape index (κ3) is 4.32. The monoisotopic (exact) mass is 421 g/mol. The predicted molar refractivity (Wildman–Crippen MR) is 107 cm³/mol. The molecule has 1 heterocycles. The van der Waals surface area contributed by atoms with Gasteiger partial charge in [0, 0.05) is 5.02 Å². The molecule has 2 aromatic carbocycles. The molecule has 0 spiro atoms. The molecule has 0 aliphatic rings. The first-order valence-corrected chi connectivity index (χ1v) is 10.7. The van der Waals surface area contributed by atoms with Crippen LogP contribution in [0, 0.1) is 0 Å². The molecular formula is C19H16ClNO4S2. The number of benzene rings is 2.